The maximum absolute atomic E-state index is 9.94. The van der Waals surface area contributed by atoms with E-state index in [2.05, 4.69) is 129 Å². The van der Waals surface area contributed by atoms with Crippen molar-refractivity contribution in [3.8, 4) is 0 Å². The Labute approximate surface area is 205 Å². The topological polar surface area (TPSA) is 26.7 Å². The first-order valence-electron chi connectivity index (χ1n) is 12.4. The van der Waals surface area contributed by atoms with E-state index in [0.717, 1.165) is 48.4 Å². The lowest BCUT2D eigenvalue weighted by atomic mass is 10.0. The van der Waals surface area contributed by atoms with E-state index >= 15 is 0 Å². The van der Waals surface area contributed by atoms with Gasteiger partial charge in [-0.15, -0.1) is 0 Å². The second-order valence-corrected chi connectivity index (χ2v) is 8.31. The van der Waals surface area contributed by atoms with Crippen molar-refractivity contribution < 1.29 is 5.11 Å². The first-order valence-corrected chi connectivity index (χ1v) is 12.4. The minimum Gasteiger partial charge on any atom is -0.392 e. The SMILES string of the molecule is CCN(CC)c1ccc(/C=C/c2ccc(/C=C/c3ccc(N(CC)CC)cc3)c(CO)c2)cc1. The third-order valence-corrected chi connectivity index (χ3v) is 6.30. The lowest BCUT2D eigenvalue weighted by Crippen LogP contribution is -2.21. The molecule has 0 amide bonds. The zero-order valence-electron chi connectivity index (χ0n) is 21.0. The highest BCUT2D eigenvalue weighted by Crippen LogP contribution is 2.21. The maximum atomic E-state index is 9.94. The van der Waals surface area contributed by atoms with Crippen molar-refractivity contribution in [2.75, 3.05) is 36.0 Å². The summed E-state index contributed by atoms with van der Waals surface area (Å²) >= 11 is 0. The minimum atomic E-state index is 0.0147. The van der Waals surface area contributed by atoms with Crippen molar-refractivity contribution in [2.45, 2.75) is 34.3 Å². The molecule has 0 heterocycles. The summed E-state index contributed by atoms with van der Waals surface area (Å²) in [4.78, 5) is 4.68. The fourth-order valence-corrected chi connectivity index (χ4v) is 4.18. The molecule has 178 valence electrons. The molecule has 3 nitrogen and oxygen atoms in total. The summed E-state index contributed by atoms with van der Waals surface area (Å²) in [6.07, 6.45) is 8.41. The smallest absolute Gasteiger partial charge is 0.0687 e. The molecule has 0 atom stereocenters. The van der Waals surface area contributed by atoms with Gasteiger partial charge in [0.1, 0.15) is 0 Å². The molecule has 0 spiro atoms. The molecule has 1 N–H and O–H groups in total. The Kier molecular flexibility index (Phi) is 9.54. The van der Waals surface area contributed by atoms with Gasteiger partial charge in [0.25, 0.3) is 0 Å². The summed E-state index contributed by atoms with van der Waals surface area (Å²) in [7, 11) is 0. The van der Waals surface area contributed by atoms with Crippen LogP contribution in [0, 0.1) is 0 Å². The third kappa shape index (κ3) is 6.61. The van der Waals surface area contributed by atoms with E-state index in [1.54, 1.807) is 0 Å². The van der Waals surface area contributed by atoms with E-state index in [4.69, 9.17) is 0 Å². The first-order chi connectivity index (χ1) is 16.6. The largest absolute Gasteiger partial charge is 0.392 e. The summed E-state index contributed by atoms with van der Waals surface area (Å²) in [6.45, 7) is 12.8. The highest BCUT2D eigenvalue weighted by atomic mass is 16.3. The summed E-state index contributed by atoms with van der Waals surface area (Å²) in [5.74, 6) is 0. The highest BCUT2D eigenvalue weighted by Gasteiger charge is 2.03. The number of hydrogen-bond acceptors (Lipinski definition) is 3. The van der Waals surface area contributed by atoms with Gasteiger partial charge in [-0.3, -0.25) is 0 Å². The van der Waals surface area contributed by atoms with Gasteiger partial charge in [-0.25, -0.2) is 0 Å². The van der Waals surface area contributed by atoms with Gasteiger partial charge in [-0.2, -0.15) is 0 Å². The van der Waals surface area contributed by atoms with Gasteiger partial charge in [0.05, 0.1) is 6.61 Å². The van der Waals surface area contributed by atoms with Crippen LogP contribution in [0.25, 0.3) is 24.3 Å². The number of nitrogens with zero attached hydrogens (tertiary/aromatic N) is 2. The second kappa shape index (κ2) is 12.8. The predicted molar refractivity (Wildman–Crippen MR) is 150 cm³/mol. The normalized spacial score (nSPS) is 11.4. The van der Waals surface area contributed by atoms with E-state index in [1.807, 2.05) is 0 Å². The Morgan fingerprint density at radius 2 is 0.971 bits per heavy atom. The van der Waals surface area contributed by atoms with E-state index in [9.17, 15) is 5.11 Å². The molecule has 3 aromatic carbocycles. The molecule has 3 rings (SSSR count). The molecule has 34 heavy (non-hydrogen) atoms. The number of anilines is 2. The predicted octanol–water partition coefficient (Wildman–Crippen LogP) is 7.21. The molecule has 0 aliphatic rings. The minimum absolute atomic E-state index is 0.0147. The average Bonchev–Trinajstić information content (AvgIpc) is 2.89. The van der Waals surface area contributed by atoms with Crippen LogP contribution in [-0.2, 0) is 6.61 Å². The monoisotopic (exact) mass is 454 g/mol. The number of rotatable bonds is 11. The van der Waals surface area contributed by atoms with Crippen LogP contribution in [0.3, 0.4) is 0 Å². The van der Waals surface area contributed by atoms with Crippen LogP contribution < -0.4 is 9.80 Å². The maximum Gasteiger partial charge on any atom is 0.0687 e. The van der Waals surface area contributed by atoms with Gasteiger partial charge in [0, 0.05) is 37.6 Å². The Bertz CT molecular complexity index is 1070. The molecule has 0 unspecified atom stereocenters. The third-order valence-electron chi connectivity index (χ3n) is 6.30. The average molecular weight is 455 g/mol. The Morgan fingerprint density at radius 3 is 1.41 bits per heavy atom. The number of benzene rings is 3. The Morgan fingerprint density at radius 1 is 0.559 bits per heavy atom. The lowest BCUT2D eigenvalue weighted by Gasteiger charge is -2.20. The zero-order chi connectivity index (χ0) is 24.3. The summed E-state index contributed by atoms with van der Waals surface area (Å²) in [5, 5.41) is 9.94. The molecule has 3 aromatic rings. The quantitative estimate of drug-likeness (QED) is 0.310. The molecule has 0 saturated carbocycles. The summed E-state index contributed by atoms with van der Waals surface area (Å²) < 4.78 is 0. The van der Waals surface area contributed by atoms with Gasteiger partial charge in [-0.05, 0) is 85.8 Å². The highest BCUT2D eigenvalue weighted by molar-refractivity contribution is 5.75. The number of aliphatic hydroxyl groups excluding tert-OH is 1. The van der Waals surface area contributed by atoms with Gasteiger partial charge in [-0.1, -0.05) is 60.7 Å². The molecule has 0 saturated heterocycles. The van der Waals surface area contributed by atoms with Crippen LogP contribution in [0.4, 0.5) is 11.4 Å². The molecule has 0 radical (unpaired) electrons. The number of aliphatic hydroxyl groups is 1. The van der Waals surface area contributed by atoms with E-state index < -0.39 is 0 Å². The van der Waals surface area contributed by atoms with Gasteiger partial charge < -0.3 is 14.9 Å². The zero-order valence-corrected chi connectivity index (χ0v) is 21.0. The molecular weight excluding hydrogens is 416 g/mol. The molecule has 3 heteroatoms. The second-order valence-electron chi connectivity index (χ2n) is 8.31. The molecular formula is C31H38N2O. The standard InChI is InChI=1S/C31H38N2O/c1-5-32(6-2)30-19-13-25(14-20-30)9-10-27-12-18-28(29(23-27)24-34)17-11-26-15-21-31(22-16-26)33(7-3)8-4/h9-23,34H,5-8,24H2,1-4H3/b10-9+,17-11+. The molecule has 0 aliphatic heterocycles. The van der Waals surface area contributed by atoms with Crippen LogP contribution in [0.1, 0.15) is 55.5 Å². The van der Waals surface area contributed by atoms with E-state index in [1.165, 1.54) is 16.9 Å². The van der Waals surface area contributed by atoms with Crippen LogP contribution in [-0.4, -0.2) is 31.3 Å². The van der Waals surface area contributed by atoms with Crippen molar-refractivity contribution in [2.24, 2.45) is 0 Å². The van der Waals surface area contributed by atoms with Crippen molar-refractivity contribution in [1.29, 1.82) is 0 Å². The fraction of sp³-hybridized carbons (Fsp3) is 0.290. The molecule has 0 fully saturated rings. The van der Waals surface area contributed by atoms with Crippen LogP contribution in [0.15, 0.2) is 66.7 Å². The van der Waals surface area contributed by atoms with Crippen molar-refractivity contribution in [1.82, 2.24) is 0 Å². The molecule has 0 aliphatic carbocycles. The van der Waals surface area contributed by atoms with E-state index in [-0.39, 0.29) is 6.61 Å². The lowest BCUT2D eigenvalue weighted by molar-refractivity contribution is 0.281. The fourth-order valence-electron chi connectivity index (χ4n) is 4.18. The summed E-state index contributed by atoms with van der Waals surface area (Å²) in [5.41, 5.74) is 7.86. The Hall–Kier alpha value is -3.30. The molecule has 0 bridgehead atoms. The Balaban J connectivity index is 1.70. The van der Waals surface area contributed by atoms with Crippen LogP contribution >= 0.6 is 0 Å². The van der Waals surface area contributed by atoms with Gasteiger partial charge >= 0.3 is 0 Å². The van der Waals surface area contributed by atoms with Crippen LogP contribution in [0.5, 0.6) is 0 Å². The van der Waals surface area contributed by atoms with Crippen molar-refractivity contribution >= 4 is 35.7 Å². The van der Waals surface area contributed by atoms with Crippen molar-refractivity contribution in [3.05, 3.63) is 94.5 Å². The van der Waals surface area contributed by atoms with Gasteiger partial charge in [0.15, 0.2) is 0 Å². The van der Waals surface area contributed by atoms with Crippen molar-refractivity contribution in [3.63, 3.8) is 0 Å². The first kappa shape index (κ1) is 25.3. The summed E-state index contributed by atoms with van der Waals surface area (Å²) in [6, 6.07) is 23.5. The van der Waals surface area contributed by atoms with Crippen LogP contribution in [0.2, 0.25) is 0 Å². The molecule has 0 aromatic heterocycles. The number of hydrogen-bond donors (Lipinski definition) is 1. The van der Waals surface area contributed by atoms with Gasteiger partial charge in [0.2, 0.25) is 0 Å². The van der Waals surface area contributed by atoms with E-state index in [0.29, 0.717) is 0 Å².